The van der Waals surface area contributed by atoms with Crippen molar-refractivity contribution in [3.05, 3.63) is 47.1 Å². The molecule has 2 heterocycles. The monoisotopic (exact) mass is 362 g/mol. The Morgan fingerprint density at radius 3 is 2.60 bits per heavy atom. The van der Waals surface area contributed by atoms with Crippen molar-refractivity contribution in [1.29, 1.82) is 0 Å². The zero-order chi connectivity index (χ0) is 18.0. The van der Waals surface area contributed by atoms with E-state index < -0.39 is 24.0 Å². The Labute approximate surface area is 147 Å². The van der Waals surface area contributed by atoms with Gasteiger partial charge in [0.05, 0.1) is 0 Å². The number of benzene rings is 1. The van der Waals surface area contributed by atoms with E-state index in [1.165, 1.54) is 30.4 Å². The van der Waals surface area contributed by atoms with E-state index in [1.54, 1.807) is 24.3 Å². The smallest absolute Gasteiger partial charge is 0.349 e. The molecule has 1 saturated heterocycles. The predicted octanol–water partition coefficient (Wildman–Crippen LogP) is 2.65. The number of nitrogens with one attached hydrogen (secondary N) is 1. The summed E-state index contributed by atoms with van der Waals surface area (Å²) in [6, 6.07) is 8.76. The molecule has 0 unspecified atom stereocenters. The van der Waals surface area contributed by atoms with Crippen molar-refractivity contribution in [2.24, 2.45) is 0 Å². The Balaban J connectivity index is 1.66. The number of ether oxygens (including phenoxy) is 1. The molecule has 25 heavy (non-hydrogen) atoms. The van der Waals surface area contributed by atoms with Crippen LogP contribution in [0.25, 0.3) is 10.4 Å². The van der Waals surface area contributed by atoms with Gasteiger partial charge < -0.3 is 10.1 Å². The molecule has 2 aromatic rings. The SMILES string of the molecule is C[C@H](OC(=O)c1ccc(-c2ccc(F)cc2)s1)C(=O)N1CCNC1=O. The molecule has 0 spiro atoms. The van der Waals surface area contributed by atoms with Gasteiger partial charge in [0, 0.05) is 18.0 Å². The number of carbonyl (C=O) groups is 3. The normalized spacial score (nSPS) is 15.0. The zero-order valence-electron chi connectivity index (χ0n) is 13.3. The first-order valence-corrected chi connectivity index (χ1v) is 8.43. The van der Waals surface area contributed by atoms with Crippen LogP contribution in [0, 0.1) is 5.82 Å². The van der Waals surface area contributed by atoms with Crippen LogP contribution in [0.4, 0.5) is 9.18 Å². The fourth-order valence-corrected chi connectivity index (χ4v) is 3.28. The largest absolute Gasteiger partial charge is 0.448 e. The quantitative estimate of drug-likeness (QED) is 0.849. The van der Waals surface area contributed by atoms with Crippen LogP contribution in [-0.4, -0.2) is 42.0 Å². The van der Waals surface area contributed by atoms with Crippen molar-refractivity contribution >= 4 is 29.2 Å². The highest BCUT2D eigenvalue weighted by Crippen LogP contribution is 2.28. The van der Waals surface area contributed by atoms with Crippen LogP contribution in [0.1, 0.15) is 16.6 Å². The van der Waals surface area contributed by atoms with E-state index in [0.29, 0.717) is 11.4 Å². The lowest BCUT2D eigenvalue weighted by Crippen LogP contribution is -2.41. The summed E-state index contributed by atoms with van der Waals surface area (Å²) in [6.07, 6.45) is -1.06. The second-order valence-corrected chi connectivity index (χ2v) is 6.52. The van der Waals surface area contributed by atoms with Gasteiger partial charge in [0.25, 0.3) is 5.91 Å². The van der Waals surface area contributed by atoms with Gasteiger partial charge in [-0.2, -0.15) is 0 Å². The van der Waals surface area contributed by atoms with E-state index >= 15 is 0 Å². The van der Waals surface area contributed by atoms with E-state index in [0.717, 1.165) is 15.3 Å². The Morgan fingerprint density at radius 1 is 1.24 bits per heavy atom. The summed E-state index contributed by atoms with van der Waals surface area (Å²) < 4.78 is 18.1. The van der Waals surface area contributed by atoms with Gasteiger partial charge in [-0.05, 0) is 36.8 Å². The number of urea groups is 1. The third kappa shape index (κ3) is 3.69. The molecule has 1 aromatic heterocycles. The summed E-state index contributed by atoms with van der Waals surface area (Å²) in [6.45, 7) is 2.07. The molecule has 1 atom stereocenters. The van der Waals surface area contributed by atoms with Gasteiger partial charge >= 0.3 is 12.0 Å². The fourth-order valence-electron chi connectivity index (χ4n) is 2.39. The Morgan fingerprint density at radius 2 is 1.96 bits per heavy atom. The number of nitrogens with zero attached hydrogens (tertiary/aromatic N) is 1. The Bertz CT molecular complexity index is 818. The highest BCUT2D eigenvalue weighted by Gasteiger charge is 2.32. The lowest BCUT2D eigenvalue weighted by Gasteiger charge is -2.17. The average Bonchev–Trinajstić information content (AvgIpc) is 3.24. The van der Waals surface area contributed by atoms with Gasteiger partial charge in [-0.1, -0.05) is 12.1 Å². The van der Waals surface area contributed by atoms with Crippen LogP contribution in [0.3, 0.4) is 0 Å². The van der Waals surface area contributed by atoms with Crippen molar-refractivity contribution in [1.82, 2.24) is 10.2 Å². The minimum Gasteiger partial charge on any atom is -0.448 e. The van der Waals surface area contributed by atoms with E-state index in [-0.39, 0.29) is 12.4 Å². The number of hydrogen-bond acceptors (Lipinski definition) is 5. The molecule has 1 aliphatic rings. The number of esters is 1. The third-order valence-corrected chi connectivity index (χ3v) is 4.80. The molecular weight excluding hydrogens is 347 g/mol. The lowest BCUT2D eigenvalue weighted by atomic mass is 10.2. The number of rotatable bonds is 4. The van der Waals surface area contributed by atoms with Crippen molar-refractivity contribution in [3.63, 3.8) is 0 Å². The van der Waals surface area contributed by atoms with Gasteiger partial charge in [-0.15, -0.1) is 11.3 Å². The number of imide groups is 1. The van der Waals surface area contributed by atoms with Gasteiger partial charge in [0.1, 0.15) is 10.7 Å². The third-order valence-electron chi connectivity index (χ3n) is 3.69. The maximum absolute atomic E-state index is 13.0. The Kier molecular flexibility index (Phi) is 4.80. The molecular formula is C17H15FN2O4S. The molecule has 0 radical (unpaired) electrons. The maximum atomic E-state index is 13.0. The lowest BCUT2D eigenvalue weighted by molar-refractivity contribution is -0.135. The highest BCUT2D eigenvalue weighted by molar-refractivity contribution is 7.17. The summed E-state index contributed by atoms with van der Waals surface area (Å²) in [4.78, 5) is 38.0. The van der Waals surface area contributed by atoms with Crippen LogP contribution in [0.15, 0.2) is 36.4 Å². The van der Waals surface area contributed by atoms with Crippen molar-refractivity contribution in [2.75, 3.05) is 13.1 Å². The van der Waals surface area contributed by atoms with Crippen LogP contribution in [-0.2, 0) is 9.53 Å². The van der Waals surface area contributed by atoms with Gasteiger partial charge in [-0.3, -0.25) is 9.69 Å². The first kappa shape index (κ1) is 17.1. The summed E-state index contributed by atoms with van der Waals surface area (Å²) in [5.74, 6) is -1.53. The topological polar surface area (TPSA) is 75.7 Å². The molecule has 0 saturated carbocycles. The van der Waals surface area contributed by atoms with Crippen LogP contribution in [0.2, 0.25) is 0 Å². The number of hydrogen-bond donors (Lipinski definition) is 1. The summed E-state index contributed by atoms with van der Waals surface area (Å²) >= 11 is 1.19. The summed E-state index contributed by atoms with van der Waals surface area (Å²) in [5, 5.41) is 2.52. The van der Waals surface area contributed by atoms with Crippen LogP contribution < -0.4 is 5.32 Å². The highest BCUT2D eigenvalue weighted by atomic mass is 32.1. The van der Waals surface area contributed by atoms with E-state index in [2.05, 4.69) is 5.32 Å². The van der Waals surface area contributed by atoms with Crippen LogP contribution in [0.5, 0.6) is 0 Å². The molecule has 0 bridgehead atoms. The minimum absolute atomic E-state index is 0.257. The number of halogens is 1. The first-order valence-electron chi connectivity index (χ1n) is 7.61. The molecule has 3 amide bonds. The van der Waals surface area contributed by atoms with E-state index in [4.69, 9.17) is 4.74 Å². The molecule has 1 fully saturated rings. The molecule has 1 aromatic carbocycles. The van der Waals surface area contributed by atoms with E-state index in [9.17, 15) is 18.8 Å². The summed E-state index contributed by atoms with van der Waals surface area (Å²) in [7, 11) is 0. The zero-order valence-corrected chi connectivity index (χ0v) is 14.1. The molecule has 1 N–H and O–H groups in total. The Hall–Kier alpha value is -2.74. The molecule has 8 heteroatoms. The van der Waals surface area contributed by atoms with Crippen molar-refractivity contribution in [2.45, 2.75) is 13.0 Å². The van der Waals surface area contributed by atoms with Gasteiger partial charge in [0.15, 0.2) is 6.10 Å². The molecule has 3 rings (SSSR count). The number of amides is 3. The maximum Gasteiger partial charge on any atom is 0.349 e. The van der Waals surface area contributed by atoms with Gasteiger partial charge in [-0.25, -0.2) is 14.0 Å². The molecule has 130 valence electrons. The minimum atomic E-state index is -1.06. The molecule has 6 nitrogen and oxygen atoms in total. The van der Waals surface area contributed by atoms with E-state index in [1.807, 2.05) is 0 Å². The molecule has 1 aliphatic heterocycles. The second-order valence-electron chi connectivity index (χ2n) is 5.44. The predicted molar refractivity (Wildman–Crippen MR) is 89.7 cm³/mol. The standard InChI is InChI=1S/C17H15FN2O4S/c1-10(15(21)20-9-8-19-17(20)23)24-16(22)14-7-6-13(25-14)11-2-4-12(18)5-3-11/h2-7,10H,8-9H2,1H3,(H,19,23)/t10-/m0/s1. The second kappa shape index (κ2) is 7.02. The van der Waals surface area contributed by atoms with Gasteiger partial charge in [0.2, 0.25) is 0 Å². The summed E-state index contributed by atoms with van der Waals surface area (Å²) in [5.41, 5.74) is 0.781. The van der Waals surface area contributed by atoms with Crippen molar-refractivity contribution in [3.8, 4) is 10.4 Å². The first-order chi connectivity index (χ1) is 12.0. The van der Waals surface area contributed by atoms with Crippen molar-refractivity contribution < 1.29 is 23.5 Å². The number of thiophene rings is 1. The molecule has 0 aliphatic carbocycles. The average molecular weight is 362 g/mol. The number of carbonyl (C=O) groups excluding carboxylic acids is 3. The van der Waals surface area contributed by atoms with Crippen LogP contribution >= 0.6 is 11.3 Å². The fraction of sp³-hybridized carbons (Fsp3) is 0.235.